The molecule has 1 fully saturated rings. The van der Waals surface area contributed by atoms with Gasteiger partial charge in [-0.2, -0.15) is 0 Å². The molecule has 24 heavy (non-hydrogen) atoms. The second kappa shape index (κ2) is 6.94. The molecule has 0 unspecified atom stereocenters. The Bertz CT molecular complexity index is 755. The number of quaternary nitrogens is 1. The molecule has 0 bridgehead atoms. The van der Waals surface area contributed by atoms with E-state index in [0.717, 1.165) is 4.88 Å². The van der Waals surface area contributed by atoms with E-state index in [2.05, 4.69) is 4.74 Å². The monoisotopic (exact) mass is 345 g/mol. The van der Waals surface area contributed by atoms with Crippen molar-refractivity contribution in [2.24, 2.45) is 0 Å². The minimum atomic E-state index is -0.456. The molecule has 1 aromatic heterocycles. The standard InChI is InChI=1S/C17H16N2O4S/c1-23-17(22)11-4-6-12(7-5-11)19-15(20)9-14(16(19)21)18-10-13-3-2-8-24-13/h2-8,14,18H,9-10H2,1H3/p+1/t14-/m1/s1. The number of rotatable bonds is 5. The number of nitrogens with zero attached hydrogens (tertiary/aromatic N) is 1. The largest absolute Gasteiger partial charge is 0.465 e. The number of anilines is 1. The predicted molar refractivity (Wildman–Crippen MR) is 88.6 cm³/mol. The minimum Gasteiger partial charge on any atom is -0.465 e. The molecule has 2 amide bonds. The van der Waals surface area contributed by atoms with E-state index < -0.39 is 12.0 Å². The third-order valence-corrected chi connectivity index (χ3v) is 4.81. The van der Waals surface area contributed by atoms with Gasteiger partial charge in [-0.05, 0) is 35.7 Å². The first kappa shape index (κ1) is 16.4. The number of thiophene rings is 1. The fourth-order valence-electron chi connectivity index (χ4n) is 2.66. The van der Waals surface area contributed by atoms with Crippen LogP contribution in [0.25, 0.3) is 0 Å². The van der Waals surface area contributed by atoms with E-state index in [0.29, 0.717) is 17.8 Å². The summed E-state index contributed by atoms with van der Waals surface area (Å²) >= 11 is 1.63. The summed E-state index contributed by atoms with van der Waals surface area (Å²) in [5.74, 6) is -0.900. The Labute approximate surface area is 143 Å². The van der Waals surface area contributed by atoms with Gasteiger partial charge in [0.25, 0.3) is 5.91 Å². The number of nitrogens with two attached hydrogens (primary N) is 1. The first-order valence-electron chi connectivity index (χ1n) is 7.51. The Morgan fingerprint density at radius 1 is 1.29 bits per heavy atom. The zero-order chi connectivity index (χ0) is 17.1. The molecule has 7 heteroatoms. The fraction of sp³-hybridized carbons (Fsp3) is 0.235. The molecule has 1 aliphatic rings. The average molecular weight is 345 g/mol. The van der Waals surface area contributed by atoms with Gasteiger partial charge in [0.15, 0.2) is 6.04 Å². The molecule has 0 aliphatic carbocycles. The highest BCUT2D eigenvalue weighted by atomic mass is 32.1. The summed E-state index contributed by atoms with van der Waals surface area (Å²) in [5.41, 5.74) is 0.853. The Balaban J connectivity index is 1.70. The number of imide groups is 1. The molecule has 0 saturated carbocycles. The van der Waals surface area contributed by atoms with Crippen molar-refractivity contribution in [3.63, 3.8) is 0 Å². The number of benzene rings is 1. The Morgan fingerprint density at radius 3 is 2.67 bits per heavy atom. The zero-order valence-electron chi connectivity index (χ0n) is 13.1. The number of hydrogen-bond acceptors (Lipinski definition) is 5. The van der Waals surface area contributed by atoms with E-state index >= 15 is 0 Å². The van der Waals surface area contributed by atoms with Crippen LogP contribution in [0.4, 0.5) is 5.69 Å². The van der Waals surface area contributed by atoms with E-state index in [1.807, 2.05) is 22.8 Å². The molecule has 1 aromatic carbocycles. The van der Waals surface area contributed by atoms with Crippen LogP contribution in [0.1, 0.15) is 21.7 Å². The van der Waals surface area contributed by atoms with Crippen LogP contribution in [-0.4, -0.2) is 30.9 Å². The van der Waals surface area contributed by atoms with Crippen LogP contribution in [0.15, 0.2) is 41.8 Å². The molecule has 3 rings (SSSR count). The van der Waals surface area contributed by atoms with E-state index in [1.54, 1.807) is 35.6 Å². The molecule has 1 saturated heterocycles. The van der Waals surface area contributed by atoms with Gasteiger partial charge >= 0.3 is 5.97 Å². The fourth-order valence-corrected chi connectivity index (χ4v) is 3.34. The van der Waals surface area contributed by atoms with E-state index in [4.69, 9.17) is 0 Å². The van der Waals surface area contributed by atoms with Crippen LogP contribution in [0.3, 0.4) is 0 Å². The van der Waals surface area contributed by atoms with Gasteiger partial charge in [-0.25, -0.2) is 9.69 Å². The third-order valence-electron chi connectivity index (χ3n) is 3.91. The predicted octanol–water partition coefficient (Wildman–Crippen LogP) is 0.930. The molecule has 0 spiro atoms. The first-order valence-corrected chi connectivity index (χ1v) is 8.39. The molecule has 1 atom stereocenters. The number of methoxy groups -OCH3 is 1. The van der Waals surface area contributed by atoms with Crippen molar-refractivity contribution in [1.29, 1.82) is 0 Å². The van der Waals surface area contributed by atoms with Crippen molar-refractivity contribution in [1.82, 2.24) is 0 Å². The topological polar surface area (TPSA) is 80.3 Å². The van der Waals surface area contributed by atoms with Crippen LogP contribution in [0.2, 0.25) is 0 Å². The molecule has 124 valence electrons. The molecular weight excluding hydrogens is 328 g/mol. The molecule has 1 aliphatic heterocycles. The van der Waals surface area contributed by atoms with Crippen LogP contribution in [-0.2, 0) is 20.9 Å². The second-order valence-corrected chi connectivity index (χ2v) is 6.47. The molecule has 2 heterocycles. The lowest BCUT2D eigenvalue weighted by Gasteiger charge is -2.14. The molecule has 2 N–H and O–H groups in total. The number of esters is 1. The van der Waals surface area contributed by atoms with Crippen LogP contribution in [0, 0.1) is 0 Å². The SMILES string of the molecule is COC(=O)c1ccc(N2C(=O)C[C@@H]([NH2+]Cc3cccs3)C2=O)cc1. The smallest absolute Gasteiger partial charge is 0.337 e. The highest BCUT2D eigenvalue weighted by Gasteiger charge is 2.42. The average Bonchev–Trinajstić information content (AvgIpc) is 3.20. The molecule has 2 aromatic rings. The highest BCUT2D eigenvalue weighted by molar-refractivity contribution is 7.09. The van der Waals surface area contributed by atoms with Gasteiger partial charge in [0.05, 0.1) is 29.7 Å². The zero-order valence-corrected chi connectivity index (χ0v) is 13.9. The van der Waals surface area contributed by atoms with Gasteiger partial charge in [0.1, 0.15) is 6.54 Å². The van der Waals surface area contributed by atoms with Crippen molar-refractivity contribution in [2.75, 3.05) is 12.0 Å². The quantitative estimate of drug-likeness (QED) is 0.646. The Hall–Kier alpha value is -2.51. The van der Waals surface area contributed by atoms with Gasteiger partial charge in [0.2, 0.25) is 5.91 Å². The second-order valence-electron chi connectivity index (χ2n) is 5.44. The molecule has 0 radical (unpaired) electrons. The number of carbonyl (C=O) groups excluding carboxylic acids is 3. The van der Waals surface area contributed by atoms with Crippen LogP contribution >= 0.6 is 11.3 Å². The normalized spacial score (nSPS) is 17.4. The van der Waals surface area contributed by atoms with Crippen LogP contribution < -0.4 is 10.2 Å². The van der Waals surface area contributed by atoms with Crippen LogP contribution in [0.5, 0.6) is 0 Å². The number of ether oxygens (including phenoxy) is 1. The summed E-state index contributed by atoms with van der Waals surface area (Å²) in [6.07, 6.45) is 0.183. The Kier molecular flexibility index (Phi) is 4.73. The van der Waals surface area contributed by atoms with Gasteiger partial charge in [-0.1, -0.05) is 6.07 Å². The van der Waals surface area contributed by atoms with Gasteiger partial charge in [-0.15, -0.1) is 11.3 Å². The highest BCUT2D eigenvalue weighted by Crippen LogP contribution is 2.22. The first-order chi connectivity index (χ1) is 11.6. The lowest BCUT2D eigenvalue weighted by molar-refractivity contribution is -0.689. The summed E-state index contributed by atoms with van der Waals surface area (Å²) in [4.78, 5) is 38.6. The maximum absolute atomic E-state index is 12.5. The molecule has 6 nitrogen and oxygen atoms in total. The number of carbonyl (C=O) groups is 3. The summed E-state index contributed by atoms with van der Waals surface area (Å²) in [5, 5.41) is 3.88. The van der Waals surface area contributed by atoms with Crippen molar-refractivity contribution < 1.29 is 24.4 Å². The number of hydrogen-bond donors (Lipinski definition) is 1. The summed E-state index contributed by atoms with van der Waals surface area (Å²) < 4.78 is 4.64. The van der Waals surface area contributed by atoms with E-state index in [-0.39, 0.29) is 18.2 Å². The van der Waals surface area contributed by atoms with Gasteiger partial charge < -0.3 is 10.1 Å². The third kappa shape index (κ3) is 3.22. The minimum absolute atomic E-state index is 0.183. The summed E-state index contributed by atoms with van der Waals surface area (Å²) in [7, 11) is 1.30. The maximum Gasteiger partial charge on any atom is 0.337 e. The number of amides is 2. The lowest BCUT2D eigenvalue weighted by Crippen LogP contribution is -2.90. The van der Waals surface area contributed by atoms with Crippen molar-refractivity contribution in [3.8, 4) is 0 Å². The van der Waals surface area contributed by atoms with Crippen molar-refractivity contribution in [2.45, 2.75) is 19.0 Å². The van der Waals surface area contributed by atoms with E-state index in [1.165, 1.54) is 12.0 Å². The summed E-state index contributed by atoms with van der Waals surface area (Å²) in [6.45, 7) is 0.677. The summed E-state index contributed by atoms with van der Waals surface area (Å²) in [6, 6.07) is 9.83. The molecular formula is C17H17N2O4S+. The lowest BCUT2D eigenvalue weighted by atomic mass is 10.2. The van der Waals surface area contributed by atoms with Gasteiger partial charge in [0, 0.05) is 0 Å². The Morgan fingerprint density at radius 2 is 2.04 bits per heavy atom. The van der Waals surface area contributed by atoms with Gasteiger partial charge in [-0.3, -0.25) is 9.59 Å². The maximum atomic E-state index is 12.5. The van der Waals surface area contributed by atoms with Crippen molar-refractivity contribution in [3.05, 3.63) is 52.2 Å². The van der Waals surface area contributed by atoms with E-state index in [9.17, 15) is 14.4 Å². The van der Waals surface area contributed by atoms with Crippen molar-refractivity contribution >= 4 is 34.8 Å².